The Labute approximate surface area is 167 Å². The number of benzene rings is 1. The highest BCUT2D eigenvalue weighted by Gasteiger charge is 2.40. The first-order valence-corrected chi connectivity index (χ1v) is 9.51. The van der Waals surface area contributed by atoms with Crippen molar-refractivity contribution in [2.75, 3.05) is 63.2 Å². The van der Waals surface area contributed by atoms with E-state index in [0.29, 0.717) is 18.9 Å². The summed E-state index contributed by atoms with van der Waals surface area (Å²) in [6.07, 6.45) is -4.15. The maximum atomic E-state index is 12.5. The minimum atomic E-state index is -4.42. The normalized spacial score (nSPS) is 20.4. The van der Waals surface area contributed by atoms with Crippen LogP contribution < -0.4 is 10.2 Å². The monoisotopic (exact) mass is 414 g/mol. The summed E-state index contributed by atoms with van der Waals surface area (Å²) in [7, 11) is 1.57. The van der Waals surface area contributed by atoms with E-state index in [1.807, 2.05) is 12.1 Å². The molecule has 2 aliphatic heterocycles. The Balaban J connectivity index is 1.49. The number of hydrogen-bond acceptors (Lipinski definition) is 5. The SMILES string of the molecule is CN(CC(=O)Nc1ccc(N2CCOCC2)cc1)C1CCN(CC(F)(F)F)C1=O. The third-order valence-corrected chi connectivity index (χ3v) is 5.09. The number of nitrogens with zero attached hydrogens (tertiary/aromatic N) is 3. The molecule has 0 radical (unpaired) electrons. The molecule has 3 rings (SSSR count). The van der Waals surface area contributed by atoms with Crippen LogP contribution in [0.4, 0.5) is 24.5 Å². The summed E-state index contributed by atoms with van der Waals surface area (Å²) >= 11 is 0. The topological polar surface area (TPSA) is 65.1 Å². The van der Waals surface area contributed by atoms with Gasteiger partial charge in [0.25, 0.3) is 0 Å². The van der Waals surface area contributed by atoms with Crippen molar-refractivity contribution in [3.63, 3.8) is 0 Å². The van der Waals surface area contributed by atoms with Crippen LogP contribution in [0, 0.1) is 0 Å². The van der Waals surface area contributed by atoms with E-state index in [1.54, 1.807) is 19.2 Å². The maximum Gasteiger partial charge on any atom is 0.406 e. The number of nitrogens with one attached hydrogen (secondary N) is 1. The van der Waals surface area contributed by atoms with Gasteiger partial charge in [-0.25, -0.2) is 0 Å². The molecule has 2 heterocycles. The van der Waals surface area contributed by atoms with Crippen LogP contribution in [0.25, 0.3) is 0 Å². The van der Waals surface area contributed by atoms with Crippen LogP contribution in [0.5, 0.6) is 0 Å². The van der Waals surface area contributed by atoms with Gasteiger partial charge in [-0.05, 0) is 37.7 Å². The highest BCUT2D eigenvalue weighted by atomic mass is 19.4. The van der Waals surface area contributed by atoms with Crippen molar-refractivity contribution in [1.29, 1.82) is 0 Å². The number of ether oxygens (including phenoxy) is 1. The molecule has 1 unspecified atom stereocenters. The molecule has 2 fully saturated rings. The third kappa shape index (κ3) is 5.83. The fraction of sp³-hybridized carbons (Fsp3) is 0.579. The smallest absolute Gasteiger partial charge is 0.378 e. The fourth-order valence-corrected chi connectivity index (χ4v) is 3.62. The minimum absolute atomic E-state index is 0.0397. The zero-order valence-corrected chi connectivity index (χ0v) is 16.2. The van der Waals surface area contributed by atoms with Gasteiger partial charge in [0.05, 0.1) is 25.8 Å². The molecule has 0 aromatic heterocycles. The lowest BCUT2D eigenvalue weighted by molar-refractivity contribution is -0.159. The molecule has 1 aromatic rings. The van der Waals surface area contributed by atoms with E-state index < -0.39 is 24.7 Å². The number of carbonyl (C=O) groups excluding carboxylic acids is 2. The van der Waals surface area contributed by atoms with Crippen molar-refractivity contribution < 1.29 is 27.5 Å². The molecule has 0 spiro atoms. The quantitative estimate of drug-likeness (QED) is 0.766. The Morgan fingerprint density at radius 2 is 1.86 bits per heavy atom. The number of rotatable bonds is 6. The Hall–Kier alpha value is -2.33. The summed E-state index contributed by atoms with van der Waals surface area (Å²) in [4.78, 5) is 29.0. The van der Waals surface area contributed by atoms with Gasteiger partial charge in [0.1, 0.15) is 6.54 Å². The summed E-state index contributed by atoms with van der Waals surface area (Å²) in [5.41, 5.74) is 1.67. The van der Waals surface area contributed by atoms with E-state index in [-0.39, 0.29) is 25.4 Å². The second kappa shape index (κ2) is 9.00. The number of carbonyl (C=O) groups is 2. The Bertz CT molecular complexity index is 720. The number of likely N-dealkylation sites (tertiary alicyclic amines) is 1. The van der Waals surface area contributed by atoms with Crippen LogP contribution in [0.3, 0.4) is 0 Å². The van der Waals surface area contributed by atoms with E-state index in [0.717, 1.165) is 23.7 Å². The highest BCUT2D eigenvalue weighted by molar-refractivity contribution is 5.93. The maximum absolute atomic E-state index is 12.5. The summed E-state index contributed by atoms with van der Waals surface area (Å²) in [5, 5.41) is 2.76. The molecule has 2 amide bonds. The van der Waals surface area contributed by atoms with E-state index in [9.17, 15) is 22.8 Å². The van der Waals surface area contributed by atoms with Gasteiger partial charge in [-0.1, -0.05) is 0 Å². The predicted molar refractivity (Wildman–Crippen MR) is 102 cm³/mol. The summed E-state index contributed by atoms with van der Waals surface area (Å²) in [6, 6.07) is 6.72. The van der Waals surface area contributed by atoms with Crippen molar-refractivity contribution in [2.45, 2.75) is 18.6 Å². The lowest BCUT2D eigenvalue weighted by Crippen LogP contribution is -2.44. The van der Waals surface area contributed by atoms with Gasteiger partial charge in [-0.2, -0.15) is 13.2 Å². The van der Waals surface area contributed by atoms with Crippen LogP contribution in [-0.2, 0) is 14.3 Å². The number of amides is 2. The van der Waals surface area contributed by atoms with Crippen LogP contribution in [0.15, 0.2) is 24.3 Å². The number of anilines is 2. The van der Waals surface area contributed by atoms with Crippen LogP contribution >= 0.6 is 0 Å². The molecule has 0 bridgehead atoms. The van der Waals surface area contributed by atoms with Crippen molar-refractivity contribution in [3.05, 3.63) is 24.3 Å². The standard InChI is InChI=1S/C19H25F3N4O3/c1-24(16-6-7-26(18(16)28)13-19(20,21)22)12-17(27)23-14-2-4-15(5-3-14)25-8-10-29-11-9-25/h2-5,16H,6-13H2,1H3,(H,23,27). The number of hydrogen-bond donors (Lipinski definition) is 1. The molecule has 0 aliphatic carbocycles. The fourth-order valence-electron chi connectivity index (χ4n) is 3.62. The van der Waals surface area contributed by atoms with Gasteiger partial charge in [0.15, 0.2) is 0 Å². The molecule has 160 valence electrons. The van der Waals surface area contributed by atoms with Gasteiger partial charge in [-0.3, -0.25) is 14.5 Å². The molecule has 2 aliphatic rings. The summed E-state index contributed by atoms with van der Waals surface area (Å²) in [5.74, 6) is -0.916. The Morgan fingerprint density at radius 1 is 1.21 bits per heavy atom. The molecule has 10 heteroatoms. The van der Waals surface area contributed by atoms with Crippen molar-refractivity contribution in [3.8, 4) is 0 Å². The van der Waals surface area contributed by atoms with Crippen LogP contribution in [-0.4, -0.2) is 86.8 Å². The number of likely N-dealkylation sites (N-methyl/N-ethyl adjacent to an activating group) is 1. The number of morpholine rings is 1. The lowest BCUT2D eigenvalue weighted by Gasteiger charge is -2.29. The highest BCUT2D eigenvalue weighted by Crippen LogP contribution is 2.23. The minimum Gasteiger partial charge on any atom is -0.378 e. The van der Waals surface area contributed by atoms with Crippen LogP contribution in [0.1, 0.15) is 6.42 Å². The first-order valence-electron chi connectivity index (χ1n) is 9.51. The summed E-state index contributed by atoms with van der Waals surface area (Å²) in [6.45, 7) is 1.71. The Kier molecular flexibility index (Phi) is 6.63. The van der Waals surface area contributed by atoms with Gasteiger partial charge in [0.2, 0.25) is 11.8 Å². The van der Waals surface area contributed by atoms with Gasteiger partial charge >= 0.3 is 6.18 Å². The lowest BCUT2D eigenvalue weighted by atomic mass is 10.2. The molecule has 1 N–H and O–H groups in total. The van der Waals surface area contributed by atoms with Crippen molar-refractivity contribution in [1.82, 2.24) is 9.80 Å². The molecule has 7 nitrogen and oxygen atoms in total. The van der Waals surface area contributed by atoms with Gasteiger partial charge in [0, 0.05) is 31.0 Å². The third-order valence-electron chi connectivity index (χ3n) is 5.09. The van der Waals surface area contributed by atoms with Crippen molar-refractivity contribution in [2.24, 2.45) is 0 Å². The Morgan fingerprint density at radius 3 is 2.48 bits per heavy atom. The number of alkyl halides is 3. The largest absolute Gasteiger partial charge is 0.406 e. The molecule has 29 heavy (non-hydrogen) atoms. The predicted octanol–water partition coefficient (Wildman–Crippen LogP) is 1.56. The molecule has 0 saturated carbocycles. The molecular weight excluding hydrogens is 389 g/mol. The number of halogens is 3. The second-order valence-electron chi connectivity index (χ2n) is 7.29. The van der Waals surface area contributed by atoms with E-state index in [2.05, 4.69) is 10.2 Å². The van der Waals surface area contributed by atoms with Crippen LogP contribution in [0.2, 0.25) is 0 Å². The molecule has 1 atom stereocenters. The average Bonchev–Trinajstić information content (AvgIpc) is 3.02. The first kappa shape index (κ1) is 21.4. The van der Waals surface area contributed by atoms with Crippen molar-refractivity contribution >= 4 is 23.2 Å². The zero-order valence-electron chi connectivity index (χ0n) is 16.2. The van der Waals surface area contributed by atoms with E-state index >= 15 is 0 Å². The molecular formula is C19H25F3N4O3. The van der Waals surface area contributed by atoms with Gasteiger partial charge < -0.3 is 19.9 Å². The van der Waals surface area contributed by atoms with E-state index in [1.165, 1.54) is 4.90 Å². The zero-order chi connectivity index (χ0) is 21.0. The average molecular weight is 414 g/mol. The van der Waals surface area contributed by atoms with Gasteiger partial charge in [-0.15, -0.1) is 0 Å². The second-order valence-corrected chi connectivity index (χ2v) is 7.29. The molecule has 2 saturated heterocycles. The first-order chi connectivity index (χ1) is 13.7. The summed E-state index contributed by atoms with van der Waals surface area (Å²) < 4.78 is 42.9. The molecule has 1 aromatic carbocycles. The van der Waals surface area contributed by atoms with E-state index in [4.69, 9.17) is 4.74 Å².